The van der Waals surface area contributed by atoms with Crippen LogP contribution in [0.25, 0.3) is 10.9 Å². The van der Waals surface area contributed by atoms with Crippen LogP contribution in [0.2, 0.25) is 2.82 Å². The maximum atomic E-state index is 11.7. The molecule has 1 saturated heterocycles. The number of aryl methyl sites for hydroxylation is 1. The SMILES string of the molecule is [2H]c1c(C[C@]2([2H])N([2H])C(=O)OC2([2H])[2H])c([2H])c2c(CC([2H])([2H])N(C)C([2H])([2H])[2H])c([2H])n([2H])c2c1[2H]. The Hall–Kier alpha value is -2.01. The first-order valence-electron chi connectivity index (χ1n) is 13.0. The van der Waals surface area contributed by atoms with Crippen molar-refractivity contribution >= 4 is 17.0 Å². The van der Waals surface area contributed by atoms with Crippen molar-refractivity contribution in [2.24, 2.45) is 0 Å². The summed E-state index contributed by atoms with van der Waals surface area (Å²) in [7, 11) is 0.993. The van der Waals surface area contributed by atoms with Crippen molar-refractivity contribution in [2.45, 2.75) is 18.9 Å². The second-order valence-electron chi connectivity index (χ2n) is 4.38. The van der Waals surface area contributed by atoms with Crippen molar-refractivity contribution in [3.8, 4) is 0 Å². The second kappa shape index (κ2) is 5.77. The molecule has 112 valence electrons. The van der Waals surface area contributed by atoms with Crippen molar-refractivity contribution in [1.82, 2.24) is 15.2 Å². The van der Waals surface area contributed by atoms with Gasteiger partial charge in [-0.05, 0) is 50.1 Å². The molecule has 2 N–H and O–H groups in total. The Morgan fingerprint density at radius 3 is 3.43 bits per heavy atom. The summed E-state index contributed by atoms with van der Waals surface area (Å²) in [5.41, 5.74) is -1.17. The number of benzene rings is 1. The van der Waals surface area contributed by atoms with Crippen LogP contribution < -0.4 is 5.31 Å². The molecule has 1 aromatic heterocycles. The Bertz CT molecular complexity index is 1210. The molecule has 1 aliphatic heterocycles. The molecule has 2 aromatic rings. The molecule has 1 aromatic carbocycles. The van der Waals surface area contributed by atoms with Crippen molar-refractivity contribution in [1.29, 1.82) is 0 Å². The van der Waals surface area contributed by atoms with Crippen LogP contribution in [0.3, 0.4) is 0 Å². The van der Waals surface area contributed by atoms with Crippen LogP contribution in [0.1, 0.15) is 27.6 Å². The number of aromatic nitrogens is 1. The summed E-state index contributed by atoms with van der Waals surface area (Å²) < 4.78 is 117. The fourth-order valence-electron chi connectivity index (χ4n) is 1.84. The third-order valence-corrected chi connectivity index (χ3v) is 2.77. The summed E-state index contributed by atoms with van der Waals surface area (Å²) in [5, 5.41) is -0.412. The van der Waals surface area contributed by atoms with Gasteiger partial charge in [0, 0.05) is 30.4 Å². The summed E-state index contributed by atoms with van der Waals surface area (Å²) in [5.74, 6) is 0. The van der Waals surface area contributed by atoms with Crippen LogP contribution >= 0.6 is 0 Å². The molecular formula is C16H21N3O2. The Labute approximate surface area is 144 Å². The molecule has 1 amide bonds. The lowest BCUT2D eigenvalue weighted by Crippen LogP contribution is -2.28. The number of amides is 1. The number of rotatable bonds is 5. The Morgan fingerprint density at radius 2 is 2.67 bits per heavy atom. The minimum absolute atomic E-state index is 0.0872. The largest absolute Gasteiger partial charge is 0.447 e. The molecule has 0 saturated carbocycles. The van der Waals surface area contributed by atoms with Gasteiger partial charge in [0.2, 0.25) is 0 Å². The summed E-state index contributed by atoms with van der Waals surface area (Å²) in [6.45, 7) is -8.47. The molecule has 5 nitrogen and oxygen atoms in total. The first-order chi connectivity index (χ1) is 15.7. The smallest absolute Gasteiger partial charge is 0.407 e. The number of fused-ring (bicyclic) bond motifs is 1. The number of ether oxygens (including phenoxy) is 1. The first kappa shape index (κ1) is 5.02. The van der Waals surface area contributed by atoms with E-state index in [0.29, 0.717) is 9.88 Å². The molecule has 2 heterocycles. The van der Waals surface area contributed by atoms with Gasteiger partial charge < -0.3 is 19.9 Å². The normalized spacial score (nSPS) is 35.5. The zero-order chi connectivity index (χ0) is 27.0. The molecule has 1 aliphatic rings. The first-order valence-corrected chi connectivity index (χ1v) is 6.07. The van der Waals surface area contributed by atoms with Gasteiger partial charge in [-0.15, -0.1) is 0 Å². The number of nitrogens with one attached hydrogen (secondary N) is 2. The number of carbonyl (C=O) groups is 1. The van der Waals surface area contributed by atoms with Gasteiger partial charge in [-0.2, -0.15) is 0 Å². The van der Waals surface area contributed by atoms with Crippen molar-refractivity contribution in [3.05, 3.63) is 35.4 Å². The van der Waals surface area contributed by atoms with E-state index < -0.39 is 80.4 Å². The summed E-state index contributed by atoms with van der Waals surface area (Å²) in [6, 6.07) is -4.79. The van der Waals surface area contributed by atoms with Crippen LogP contribution in [0.5, 0.6) is 0 Å². The molecule has 0 unspecified atom stereocenters. The van der Waals surface area contributed by atoms with Gasteiger partial charge >= 0.3 is 6.09 Å². The van der Waals surface area contributed by atoms with Crippen molar-refractivity contribution < 1.29 is 28.8 Å². The lowest BCUT2D eigenvalue weighted by atomic mass is 10.0. The van der Waals surface area contributed by atoms with E-state index in [-0.39, 0.29) is 16.3 Å². The Balaban J connectivity index is 2.26. The zero-order valence-electron chi connectivity index (χ0n) is 25.1. The van der Waals surface area contributed by atoms with Crippen molar-refractivity contribution in [2.75, 3.05) is 27.1 Å². The van der Waals surface area contributed by atoms with E-state index in [0.717, 1.165) is 7.05 Å². The van der Waals surface area contributed by atoms with Crippen LogP contribution in [-0.2, 0) is 17.6 Å². The lowest BCUT2D eigenvalue weighted by Gasteiger charge is -2.09. The Kier molecular flexibility index (Phi) is 1.38. The summed E-state index contributed by atoms with van der Waals surface area (Å²) in [6.07, 6.45) is -3.85. The van der Waals surface area contributed by atoms with E-state index >= 15 is 0 Å². The minimum Gasteiger partial charge on any atom is -0.447 e. The van der Waals surface area contributed by atoms with Crippen LogP contribution in [-0.4, -0.2) is 49.1 Å². The van der Waals surface area contributed by atoms with Crippen molar-refractivity contribution in [3.63, 3.8) is 0 Å². The highest BCUT2D eigenvalue weighted by molar-refractivity contribution is 5.84. The van der Waals surface area contributed by atoms with E-state index in [9.17, 15) is 4.79 Å². The highest BCUT2D eigenvalue weighted by Crippen LogP contribution is 2.21. The van der Waals surface area contributed by atoms with Gasteiger partial charge in [0.1, 0.15) is 6.56 Å². The fourth-order valence-corrected chi connectivity index (χ4v) is 1.84. The van der Waals surface area contributed by atoms with Crippen LogP contribution in [0, 0.1) is 0 Å². The van der Waals surface area contributed by atoms with Gasteiger partial charge in [0.25, 0.3) is 0 Å². The number of aromatic amines is 1. The molecule has 0 spiro atoms. The molecule has 0 radical (unpaired) electrons. The molecule has 21 heavy (non-hydrogen) atoms. The third-order valence-electron chi connectivity index (χ3n) is 2.77. The average Bonchev–Trinajstić information content (AvgIpc) is 3.05. The highest BCUT2D eigenvalue weighted by atomic mass is 16.6. The quantitative estimate of drug-likeness (QED) is 0.887. The Morgan fingerprint density at radius 1 is 1.76 bits per heavy atom. The molecule has 0 aliphatic carbocycles. The maximum absolute atomic E-state index is 11.7. The topological polar surface area (TPSA) is 57.4 Å². The fraction of sp³-hybridized carbons (Fsp3) is 0.438. The van der Waals surface area contributed by atoms with E-state index in [4.69, 9.17) is 19.3 Å². The summed E-state index contributed by atoms with van der Waals surface area (Å²) >= 11 is 0. The standard InChI is InChI=1S/C16H21N3O2/c1-19(2)6-5-12-9-17-15-4-3-11(8-14(12)15)7-13-10-21-16(20)18-13/h3-4,8-9,13,17H,5-7,10H2,1-2H3,(H,18,20)/t13-/m0/s1/i1D3,3D,4D,6D2,8D,9D,10D2,13D/hD2. The number of hydrogen-bond acceptors (Lipinski definition) is 3. The molecule has 0 bridgehead atoms. The number of H-pyrrole nitrogens is 1. The number of likely N-dealkylation sites (N-methyl/N-ethyl adjacent to an activating group) is 1. The number of carbonyl (C=O) groups excluding carboxylic acids is 1. The number of cyclic esters (lactones) is 1. The average molecular weight is 301 g/mol. The molecule has 5 heteroatoms. The van der Waals surface area contributed by atoms with Crippen LogP contribution in [0.15, 0.2) is 24.3 Å². The predicted molar refractivity (Wildman–Crippen MR) is 82.5 cm³/mol. The van der Waals surface area contributed by atoms with Crippen LogP contribution in [0.4, 0.5) is 4.79 Å². The van der Waals surface area contributed by atoms with Gasteiger partial charge in [-0.1, -0.05) is 6.04 Å². The molecule has 3 rings (SSSR count). The highest BCUT2D eigenvalue weighted by Gasteiger charge is 2.22. The van der Waals surface area contributed by atoms with Gasteiger partial charge in [-0.25, -0.2) is 4.79 Å². The van der Waals surface area contributed by atoms with Gasteiger partial charge in [-0.3, -0.25) is 0 Å². The maximum Gasteiger partial charge on any atom is 0.407 e. The lowest BCUT2D eigenvalue weighted by molar-refractivity contribution is 0.177. The monoisotopic (exact) mass is 301 g/mol. The number of nitrogens with zero attached hydrogens (tertiary/aromatic N) is 1. The second-order valence-corrected chi connectivity index (χ2v) is 4.38. The minimum atomic E-state index is -3.02. The number of alkyl carbamates (subject to hydrolysis) is 1. The predicted octanol–water partition coefficient (Wildman–Crippen LogP) is 1.92. The third kappa shape index (κ3) is 3.19. The number of hydrogen-bond donors (Lipinski definition) is 2. The zero-order valence-corrected chi connectivity index (χ0v) is 11.1. The molecule has 1 atom stereocenters. The van der Waals surface area contributed by atoms with Gasteiger partial charge in [0.15, 0.2) is 2.82 Å². The summed E-state index contributed by atoms with van der Waals surface area (Å²) in [4.78, 5) is 12.6. The van der Waals surface area contributed by atoms with E-state index in [2.05, 4.69) is 4.74 Å². The van der Waals surface area contributed by atoms with E-state index in [1.807, 2.05) is 0 Å². The van der Waals surface area contributed by atoms with Gasteiger partial charge in [0.05, 0.1) is 15.6 Å². The molecule has 1 fully saturated rings. The van der Waals surface area contributed by atoms with E-state index in [1.54, 1.807) is 0 Å². The van der Waals surface area contributed by atoms with E-state index in [1.165, 1.54) is 0 Å². The molecular weight excluding hydrogens is 266 g/mol.